The van der Waals surface area contributed by atoms with Crippen LogP contribution in [-0.4, -0.2) is 49.9 Å². The van der Waals surface area contributed by atoms with Crippen molar-refractivity contribution >= 4 is 5.91 Å². The Balaban J connectivity index is 1.54. The molecule has 9 heteroatoms. The van der Waals surface area contributed by atoms with Crippen molar-refractivity contribution in [2.75, 3.05) is 6.54 Å². The van der Waals surface area contributed by atoms with Gasteiger partial charge in [-0.2, -0.15) is 5.21 Å². The number of halogens is 2. The number of carbonyl (C=O) groups is 1. The van der Waals surface area contributed by atoms with Crippen molar-refractivity contribution in [3.05, 3.63) is 35.7 Å². The molecule has 2 fully saturated rings. The van der Waals surface area contributed by atoms with Crippen molar-refractivity contribution in [3.63, 3.8) is 0 Å². The Kier molecular flexibility index (Phi) is 4.75. The van der Waals surface area contributed by atoms with E-state index in [4.69, 9.17) is 4.74 Å². The first-order valence-corrected chi connectivity index (χ1v) is 9.16. The smallest absolute Gasteiger partial charge is 0.257 e. The number of alkyl halides is 2. The number of carbonyl (C=O) groups excluding carboxylic acids is 1. The van der Waals surface area contributed by atoms with Crippen LogP contribution < -0.4 is 4.74 Å². The zero-order valence-corrected chi connectivity index (χ0v) is 14.8. The maximum Gasteiger partial charge on any atom is 0.257 e. The van der Waals surface area contributed by atoms with Gasteiger partial charge in [0.25, 0.3) is 5.91 Å². The molecule has 0 radical (unpaired) electrons. The molecule has 1 saturated carbocycles. The minimum atomic E-state index is -2.70. The first kappa shape index (κ1) is 17.8. The number of hydrogen-bond donors (Lipinski definition) is 1. The van der Waals surface area contributed by atoms with Crippen LogP contribution in [0.3, 0.4) is 0 Å². The number of benzene rings is 1. The van der Waals surface area contributed by atoms with Crippen LogP contribution in [0.1, 0.15) is 48.3 Å². The summed E-state index contributed by atoms with van der Waals surface area (Å²) in [6.07, 6.45) is 1.87. The molecule has 2 aromatic rings. The summed E-state index contributed by atoms with van der Waals surface area (Å²) < 4.78 is 33.7. The summed E-state index contributed by atoms with van der Waals surface area (Å²) in [4.78, 5) is 14.8. The van der Waals surface area contributed by atoms with Gasteiger partial charge in [0, 0.05) is 25.4 Å². The number of aromatic nitrogens is 4. The molecule has 1 saturated heterocycles. The van der Waals surface area contributed by atoms with Crippen LogP contribution in [0.2, 0.25) is 0 Å². The van der Waals surface area contributed by atoms with E-state index in [-0.39, 0.29) is 31.3 Å². The minimum Gasteiger partial charge on any atom is -0.485 e. The lowest BCUT2D eigenvalue weighted by molar-refractivity contribution is -0.0852. The number of nitrogens with one attached hydrogen (secondary N) is 1. The highest BCUT2D eigenvalue weighted by Crippen LogP contribution is 2.43. The van der Waals surface area contributed by atoms with Crippen molar-refractivity contribution in [2.45, 2.75) is 50.7 Å². The quantitative estimate of drug-likeness (QED) is 0.886. The van der Waals surface area contributed by atoms with Crippen LogP contribution in [0.15, 0.2) is 24.3 Å². The number of aromatic amines is 1. The number of H-pyrrole nitrogens is 1. The Labute approximate surface area is 155 Å². The number of amides is 1. The lowest BCUT2D eigenvalue weighted by atomic mass is 9.76. The summed E-state index contributed by atoms with van der Waals surface area (Å²) in [5.74, 6) is -2.06. The van der Waals surface area contributed by atoms with E-state index in [1.54, 1.807) is 29.2 Å². The number of hydrogen-bond acceptors (Lipinski definition) is 5. The van der Waals surface area contributed by atoms with E-state index in [0.29, 0.717) is 30.1 Å². The monoisotopic (exact) mass is 377 g/mol. The standard InChI is InChI=1S/C18H21F2N5O2/c19-18(20)8-7-12-4-3-9-25(14(12)10-18)17(26)13-5-1-2-6-15(13)27-11-16-21-23-24-22-16/h1-2,5-6,12,14H,3-4,7-11H2,(H,21,22,23,24). The SMILES string of the molecule is O=C(c1ccccc1OCc1nn[nH]n1)N1CCCC2CCC(F)(F)CC21. The molecule has 1 aromatic carbocycles. The van der Waals surface area contributed by atoms with Crippen molar-refractivity contribution < 1.29 is 18.3 Å². The summed E-state index contributed by atoms with van der Waals surface area (Å²) >= 11 is 0. The Morgan fingerprint density at radius 1 is 1.33 bits per heavy atom. The molecule has 2 aliphatic rings. The third kappa shape index (κ3) is 3.77. The molecule has 0 bridgehead atoms. The number of ether oxygens (including phenoxy) is 1. The van der Waals surface area contributed by atoms with E-state index in [1.807, 2.05) is 0 Å². The predicted octanol–water partition coefficient (Wildman–Crippen LogP) is 2.82. The van der Waals surface area contributed by atoms with Crippen molar-refractivity contribution in [1.82, 2.24) is 25.5 Å². The van der Waals surface area contributed by atoms with Crippen molar-refractivity contribution in [2.24, 2.45) is 5.92 Å². The lowest BCUT2D eigenvalue weighted by Gasteiger charge is -2.46. The zero-order valence-electron chi connectivity index (χ0n) is 14.8. The molecule has 27 heavy (non-hydrogen) atoms. The second kappa shape index (κ2) is 7.21. The molecule has 1 N–H and O–H groups in total. The highest BCUT2D eigenvalue weighted by molar-refractivity contribution is 5.97. The van der Waals surface area contributed by atoms with Crippen LogP contribution in [-0.2, 0) is 6.61 Å². The van der Waals surface area contributed by atoms with Crippen molar-refractivity contribution in [1.29, 1.82) is 0 Å². The Bertz CT molecular complexity index is 799. The van der Waals surface area contributed by atoms with Gasteiger partial charge in [-0.05, 0) is 37.3 Å². The number of fused-ring (bicyclic) bond motifs is 1. The van der Waals surface area contributed by atoms with Gasteiger partial charge >= 0.3 is 0 Å². The average Bonchev–Trinajstić information content (AvgIpc) is 3.18. The maximum absolute atomic E-state index is 14.0. The summed E-state index contributed by atoms with van der Waals surface area (Å²) in [5, 5.41) is 13.4. The highest BCUT2D eigenvalue weighted by atomic mass is 19.3. The van der Waals surface area contributed by atoms with E-state index >= 15 is 0 Å². The summed E-state index contributed by atoms with van der Waals surface area (Å²) in [7, 11) is 0. The third-order valence-corrected chi connectivity index (χ3v) is 5.43. The van der Waals surface area contributed by atoms with Gasteiger partial charge in [-0.3, -0.25) is 4.79 Å². The molecule has 4 rings (SSSR count). The summed E-state index contributed by atoms with van der Waals surface area (Å²) in [6.45, 7) is 0.556. The summed E-state index contributed by atoms with van der Waals surface area (Å²) in [5.41, 5.74) is 0.371. The highest BCUT2D eigenvalue weighted by Gasteiger charge is 2.46. The minimum absolute atomic E-state index is 0.0604. The van der Waals surface area contributed by atoms with Gasteiger partial charge in [0.2, 0.25) is 11.7 Å². The van der Waals surface area contributed by atoms with E-state index in [2.05, 4.69) is 20.6 Å². The first-order valence-electron chi connectivity index (χ1n) is 9.16. The Morgan fingerprint density at radius 2 is 2.19 bits per heavy atom. The number of piperidine rings is 1. The Morgan fingerprint density at radius 3 is 3.00 bits per heavy atom. The fourth-order valence-electron chi connectivity index (χ4n) is 4.12. The van der Waals surface area contributed by atoms with Gasteiger partial charge in [-0.25, -0.2) is 8.78 Å². The lowest BCUT2D eigenvalue weighted by Crippen LogP contribution is -2.53. The molecule has 1 aliphatic heterocycles. The fourth-order valence-corrected chi connectivity index (χ4v) is 4.12. The second-order valence-electron chi connectivity index (χ2n) is 7.18. The molecule has 1 amide bonds. The zero-order chi connectivity index (χ0) is 18.9. The van der Waals surface area contributed by atoms with Gasteiger partial charge in [0.15, 0.2) is 6.61 Å². The molecule has 0 spiro atoms. The van der Waals surface area contributed by atoms with Gasteiger partial charge in [0.05, 0.1) is 5.56 Å². The van der Waals surface area contributed by atoms with E-state index in [1.165, 1.54) is 0 Å². The number of tetrazole rings is 1. The number of likely N-dealkylation sites (tertiary alicyclic amines) is 1. The maximum atomic E-state index is 14.0. The third-order valence-electron chi connectivity index (χ3n) is 5.43. The first-order chi connectivity index (χ1) is 13.0. The van der Waals surface area contributed by atoms with Gasteiger partial charge in [0.1, 0.15) is 5.75 Å². The normalized spacial score (nSPS) is 24.3. The molecule has 2 unspecified atom stereocenters. The van der Waals surface area contributed by atoms with Gasteiger partial charge < -0.3 is 9.64 Å². The molecule has 1 aliphatic carbocycles. The molecule has 144 valence electrons. The molecule has 2 heterocycles. The van der Waals surface area contributed by atoms with E-state index < -0.39 is 12.0 Å². The summed E-state index contributed by atoms with van der Waals surface area (Å²) in [6, 6.07) is 6.43. The predicted molar refractivity (Wildman–Crippen MR) is 91.3 cm³/mol. The van der Waals surface area contributed by atoms with E-state index in [9.17, 15) is 13.6 Å². The van der Waals surface area contributed by atoms with E-state index in [0.717, 1.165) is 12.8 Å². The topological polar surface area (TPSA) is 84.0 Å². The fraction of sp³-hybridized carbons (Fsp3) is 0.556. The Hall–Kier alpha value is -2.58. The number of rotatable bonds is 4. The molecular weight excluding hydrogens is 356 g/mol. The van der Waals surface area contributed by atoms with Crippen LogP contribution in [0, 0.1) is 5.92 Å². The van der Waals surface area contributed by atoms with Crippen LogP contribution in [0.4, 0.5) is 8.78 Å². The second-order valence-corrected chi connectivity index (χ2v) is 7.18. The molecule has 1 aromatic heterocycles. The van der Waals surface area contributed by atoms with Gasteiger partial charge in [-0.1, -0.05) is 17.3 Å². The number of nitrogens with zero attached hydrogens (tertiary/aromatic N) is 4. The molecular formula is C18H21F2N5O2. The largest absolute Gasteiger partial charge is 0.485 e. The van der Waals surface area contributed by atoms with Gasteiger partial charge in [-0.15, -0.1) is 10.2 Å². The number of para-hydroxylation sites is 1. The molecule has 7 nitrogen and oxygen atoms in total. The van der Waals surface area contributed by atoms with Crippen LogP contribution >= 0.6 is 0 Å². The van der Waals surface area contributed by atoms with Crippen LogP contribution in [0.5, 0.6) is 5.75 Å². The van der Waals surface area contributed by atoms with Crippen LogP contribution in [0.25, 0.3) is 0 Å². The van der Waals surface area contributed by atoms with Crippen molar-refractivity contribution in [3.8, 4) is 5.75 Å². The average molecular weight is 377 g/mol. The molecule has 2 atom stereocenters.